The van der Waals surface area contributed by atoms with Gasteiger partial charge < -0.3 is 5.73 Å². The van der Waals surface area contributed by atoms with Crippen molar-refractivity contribution in [1.82, 2.24) is 4.90 Å². The molecular formula is C15H26N2S. The first-order valence-electron chi connectivity index (χ1n) is 7.21. The van der Waals surface area contributed by atoms with Crippen LogP contribution in [0.15, 0.2) is 16.8 Å². The SMILES string of the molecule is CN(Cc1ccsc1)C(CN)CC1CCCCC1. The van der Waals surface area contributed by atoms with Crippen LogP contribution in [0, 0.1) is 5.92 Å². The summed E-state index contributed by atoms with van der Waals surface area (Å²) in [6.45, 7) is 1.83. The Morgan fingerprint density at radius 1 is 1.39 bits per heavy atom. The highest BCUT2D eigenvalue weighted by molar-refractivity contribution is 7.07. The van der Waals surface area contributed by atoms with Crippen LogP contribution >= 0.6 is 11.3 Å². The van der Waals surface area contributed by atoms with Gasteiger partial charge in [-0.15, -0.1) is 0 Å². The van der Waals surface area contributed by atoms with Gasteiger partial charge in [0.05, 0.1) is 0 Å². The molecule has 0 aliphatic heterocycles. The third kappa shape index (κ3) is 4.08. The summed E-state index contributed by atoms with van der Waals surface area (Å²) in [5.74, 6) is 0.914. The van der Waals surface area contributed by atoms with Gasteiger partial charge >= 0.3 is 0 Å². The van der Waals surface area contributed by atoms with Crippen molar-refractivity contribution in [2.45, 2.75) is 51.1 Å². The molecule has 0 aromatic carbocycles. The molecule has 1 aromatic heterocycles. The minimum atomic E-state index is 0.549. The van der Waals surface area contributed by atoms with E-state index < -0.39 is 0 Å². The zero-order chi connectivity index (χ0) is 12.8. The second-order valence-corrected chi connectivity index (χ2v) is 6.46. The summed E-state index contributed by atoms with van der Waals surface area (Å²) in [6.07, 6.45) is 8.42. The molecule has 1 aliphatic carbocycles. The Kier molecular flexibility index (Phi) is 5.67. The molecule has 2 N–H and O–H groups in total. The summed E-state index contributed by atoms with van der Waals surface area (Å²) in [6, 6.07) is 2.77. The van der Waals surface area contributed by atoms with Crippen molar-refractivity contribution in [2.75, 3.05) is 13.6 Å². The highest BCUT2D eigenvalue weighted by Gasteiger charge is 2.21. The summed E-state index contributed by atoms with van der Waals surface area (Å²) in [5.41, 5.74) is 7.40. The highest BCUT2D eigenvalue weighted by atomic mass is 32.1. The molecule has 1 unspecified atom stereocenters. The van der Waals surface area contributed by atoms with Crippen molar-refractivity contribution in [3.05, 3.63) is 22.4 Å². The zero-order valence-corrected chi connectivity index (χ0v) is 12.3. The van der Waals surface area contributed by atoms with Crippen molar-refractivity contribution in [3.8, 4) is 0 Å². The first kappa shape index (κ1) is 14.0. The van der Waals surface area contributed by atoms with E-state index >= 15 is 0 Å². The van der Waals surface area contributed by atoms with Gasteiger partial charge in [0, 0.05) is 19.1 Å². The van der Waals surface area contributed by atoms with E-state index in [1.165, 1.54) is 44.1 Å². The van der Waals surface area contributed by atoms with E-state index in [2.05, 4.69) is 28.8 Å². The average molecular weight is 266 g/mol. The summed E-state index contributed by atoms with van der Waals surface area (Å²) >= 11 is 1.78. The van der Waals surface area contributed by atoms with E-state index in [1.54, 1.807) is 11.3 Å². The predicted molar refractivity (Wildman–Crippen MR) is 79.8 cm³/mol. The maximum absolute atomic E-state index is 5.98. The lowest BCUT2D eigenvalue weighted by Gasteiger charge is -2.31. The average Bonchev–Trinajstić information content (AvgIpc) is 2.90. The molecule has 0 saturated heterocycles. The van der Waals surface area contributed by atoms with Crippen LogP contribution in [0.1, 0.15) is 44.1 Å². The molecule has 0 radical (unpaired) electrons. The van der Waals surface area contributed by atoms with Crippen LogP contribution in [0.4, 0.5) is 0 Å². The fourth-order valence-corrected chi connectivity index (χ4v) is 3.72. The Hall–Kier alpha value is -0.380. The van der Waals surface area contributed by atoms with Crippen molar-refractivity contribution in [2.24, 2.45) is 11.7 Å². The fraction of sp³-hybridized carbons (Fsp3) is 0.733. The van der Waals surface area contributed by atoms with Crippen LogP contribution in [0.5, 0.6) is 0 Å². The Morgan fingerprint density at radius 3 is 2.78 bits per heavy atom. The van der Waals surface area contributed by atoms with E-state index in [4.69, 9.17) is 5.73 Å². The lowest BCUT2D eigenvalue weighted by atomic mass is 9.84. The molecule has 3 heteroatoms. The number of likely N-dealkylation sites (N-methyl/N-ethyl adjacent to an activating group) is 1. The molecule has 2 rings (SSSR count). The number of nitrogens with zero attached hydrogens (tertiary/aromatic N) is 1. The summed E-state index contributed by atoms with van der Waals surface area (Å²) in [7, 11) is 2.22. The van der Waals surface area contributed by atoms with Crippen molar-refractivity contribution in [1.29, 1.82) is 0 Å². The predicted octanol–water partition coefficient (Wildman–Crippen LogP) is 3.48. The van der Waals surface area contributed by atoms with Crippen molar-refractivity contribution < 1.29 is 0 Å². The number of hydrogen-bond donors (Lipinski definition) is 1. The summed E-state index contributed by atoms with van der Waals surface area (Å²) in [5, 5.41) is 4.40. The first-order valence-corrected chi connectivity index (χ1v) is 8.15. The van der Waals surface area contributed by atoms with Gasteiger partial charge in [0.2, 0.25) is 0 Å². The molecule has 102 valence electrons. The van der Waals surface area contributed by atoms with E-state index in [0.717, 1.165) is 19.0 Å². The molecule has 0 bridgehead atoms. The molecule has 0 amide bonds. The van der Waals surface area contributed by atoms with Crippen LogP contribution in [0.3, 0.4) is 0 Å². The Labute approximate surface area is 115 Å². The molecule has 0 spiro atoms. The largest absolute Gasteiger partial charge is 0.329 e. The van der Waals surface area contributed by atoms with Crippen LogP contribution in [0.25, 0.3) is 0 Å². The van der Waals surface area contributed by atoms with Gasteiger partial charge in [-0.1, -0.05) is 32.1 Å². The monoisotopic (exact) mass is 266 g/mol. The second kappa shape index (κ2) is 7.27. The molecule has 1 fully saturated rings. The molecule has 1 heterocycles. The Morgan fingerprint density at radius 2 is 2.17 bits per heavy atom. The van der Waals surface area contributed by atoms with Gasteiger partial charge in [-0.2, -0.15) is 11.3 Å². The minimum Gasteiger partial charge on any atom is -0.329 e. The highest BCUT2D eigenvalue weighted by Crippen LogP contribution is 2.28. The van der Waals surface area contributed by atoms with E-state index in [-0.39, 0.29) is 0 Å². The van der Waals surface area contributed by atoms with Crippen LogP contribution in [-0.2, 0) is 6.54 Å². The maximum Gasteiger partial charge on any atom is 0.0242 e. The smallest absolute Gasteiger partial charge is 0.0242 e. The maximum atomic E-state index is 5.98. The third-order valence-electron chi connectivity index (χ3n) is 4.24. The summed E-state index contributed by atoms with van der Waals surface area (Å²) in [4.78, 5) is 2.44. The number of hydrogen-bond acceptors (Lipinski definition) is 3. The number of rotatable bonds is 6. The first-order chi connectivity index (χ1) is 8.79. The fourth-order valence-electron chi connectivity index (χ4n) is 3.06. The standard InChI is InChI=1S/C15H26N2S/c1-17(11-14-7-8-18-12-14)15(10-16)9-13-5-3-2-4-6-13/h7-8,12-13,15H,2-6,9-11,16H2,1H3. The van der Waals surface area contributed by atoms with Crippen molar-refractivity contribution in [3.63, 3.8) is 0 Å². The van der Waals surface area contributed by atoms with Gasteiger partial charge in [-0.05, 0) is 41.8 Å². The lowest BCUT2D eigenvalue weighted by molar-refractivity contribution is 0.185. The second-order valence-electron chi connectivity index (χ2n) is 5.68. The summed E-state index contributed by atoms with van der Waals surface area (Å²) < 4.78 is 0. The van der Waals surface area contributed by atoms with Crippen LogP contribution in [0.2, 0.25) is 0 Å². The van der Waals surface area contributed by atoms with Gasteiger partial charge in [0.1, 0.15) is 0 Å². The quantitative estimate of drug-likeness (QED) is 0.854. The third-order valence-corrected chi connectivity index (χ3v) is 4.97. The Bertz CT molecular complexity index is 317. The topological polar surface area (TPSA) is 29.3 Å². The molecule has 18 heavy (non-hydrogen) atoms. The van der Waals surface area contributed by atoms with Gasteiger partial charge in [-0.25, -0.2) is 0 Å². The van der Waals surface area contributed by atoms with Gasteiger partial charge in [0.15, 0.2) is 0 Å². The van der Waals surface area contributed by atoms with Crippen LogP contribution in [-0.4, -0.2) is 24.5 Å². The van der Waals surface area contributed by atoms with Gasteiger partial charge in [-0.3, -0.25) is 4.90 Å². The molecule has 2 nitrogen and oxygen atoms in total. The molecule has 1 saturated carbocycles. The molecule has 1 atom stereocenters. The number of thiophene rings is 1. The van der Waals surface area contributed by atoms with Crippen molar-refractivity contribution >= 4 is 11.3 Å². The molecule has 1 aliphatic rings. The van der Waals surface area contributed by atoms with Gasteiger partial charge in [0.25, 0.3) is 0 Å². The zero-order valence-electron chi connectivity index (χ0n) is 11.5. The molecular weight excluding hydrogens is 240 g/mol. The van der Waals surface area contributed by atoms with E-state index in [9.17, 15) is 0 Å². The number of nitrogens with two attached hydrogens (primary N) is 1. The van der Waals surface area contributed by atoms with Crippen LogP contribution < -0.4 is 5.73 Å². The Balaban J connectivity index is 1.82. The van der Waals surface area contributed by atoms with E-state index in [0.29, 0.717) is 6.04 Å². The van der Waals surface area contributed by atoms with E-state index in [1.807, 2.05) is 0 Å². The lowest BCUT2D eigenvalue weighted by Crippen LogP contribution is -2.39. The minimum absolute atomic E-state index is 0.549. The normalized spacial score (nSPS) is 19.3. The molecule has 1 aromatic rings.